The number of hydrogen-bond acceptors (Lipinski definition) is 4. The van der Waals surface area contributed by atoms with Gasteiger partial charge in [-0.05, 0) is 12.1 Å². The molecule has 0 atom stereocenters. The van der Waals surface area contributed by atoms with Crippen LogP contribution in [0.5, 0.6) is 0 Å². The third-order valence-electron chi connectivity index (χ3n) is 1.86. The van der Waals surface area contributed by atoms with E-state index in [1.54, 1.807) is 24.3 Å². The lowest BCUT2D eigenvalue weighted by Gasteiger charge is -2.08. The Hall–Kier alpha value is -2.28. The van der Waals surface area contributed by atoms with Gasteiger partial charge in [-0.2, -0.15) is 5.26 Å². The van der Waals surface area contributed by atoms with Crippen LogP contribution in [0, 0.1) is 11.3 Å². The third kappa shape index (κ3) is 3.14. The highest BCUT2D eigenvalue weighted by atomic mass is 15.1. The Balaban J connectivity index is 2.87. The van der Waals surface area contributed by atoms with Gasteiger partial charge in [-0.25, -0.2) is 4.98 Å². The van der Waals surface area contributed by atoms with E-state index in [4.69, 9.17) is 5.26 Å². The van der Waals surface area contributed by atoms with Crippen molar-refractivity contribution < 1.29 is 0 Å². The lowest BCUT2D eigenvalue weighted by molar-refractivity contribution is 1.18. The predicted molar refractivity (Wildman–Crippen MR) is 66.3 cm³/mol. The maximum Gasteiger partial charge on any atom is 0.146 e. The summed E-state index contributed by atoms with van der Waals surface area (Å²) in [5.74, 6) is 1.28. The minimum atomic E-state index is 0.519. The zero-order valence-corrected chi connectivity index (χ0v) is 9.03. The SMILES string of the molecule is C=CCNc1ccc(C#N)c(NCC=C)n1. The maximum atomic E-state index is 8.89. The van der Waals surface area contributed by atoms with Crippen LogP contribution in [0.15, 0.2) is 37.4 Å². The number of nitrogens with one attached hydrogen (secondary N) is 2. The molecule has 0 aliphatic carbocycles. The van der Waals surface area contributed by atoms with Crippen LogP contribution in [0.3, 0.4) is 0 Å². The monoisotopic (exact) mass is 214 g/mol. The molecule has 16 heavy (non-hydrogen) atoms. The van der Waals surface area contributed by atoms with Gasteiger partial charge in [0.2, 0.25) is 0 Å². The summed E-state index contributed by atoms with van der Waals surface area (Å²) in [5.41, 5.74) is 0.519. The number of rotatable bonds is 6. The van der Waals surface area contributed by atoms with Crippen LogP contribution in [0.1, 0.15) is 5.56 Å². The fourth-order valence-electron chi connectivity index (χ4n) is 1.13. The van der Waals surface area contributed by atoms with Crippen molar-refractivity contribution >= 4 is 11.6 Å². The number of pyridine rings is 1. The summed E-state index contributed by atoms with van der Waals surface area (Å²) in [5, 5.41) is 15.0. The van der Waals surface area contributed by atoms with Crippen LogP contribution < -0.4 is 10.6 Å². The molecule has 4 heteroatoms. The molecule has 0 unspecified atom stereocenters. The van der Waals surface area contributed by atoms with Gasteiger partial charge in [-0.1, -0.05) is 12.2 Å². The molecule has 1 rings (SSSR count). The Morgan fingerprint density at radius 2 is 1.94 bits per heavy atom. The van der Waals surface area contributed by atoms with E-state index in [1.807, 2.05) is 0 Å². The van der Waals surface area contributed by atoms with E-state index in [1.165, 1.54) is 0 Å². The third-order valence-corrected chi connectivity index (χ3v) is 1.86. The van der Waals surface area contributed by atoms with Crippen LogP contribution in [0.25, 0.3) is 0 Å². The lowest BCUT2D eigenvalue weighted by atomic mass is 10.2. The number of hydrogen-bond donors (Lipinski definition) is 2. The van der Waals surface area contributed by atoms with E-state index in [9.17, 15) is 0 Å². The van der Waals surface area contributed by atoms with Gasteiger partial charge in [0, 0.05) is 13.1 Å². The molecule has 0 saturated carbocycles. The first-order valence-corrected chi connectivity index (χ1v) is 4.92. The first kappa shape index (κ1) is 11.8. The fraction of sp³-hybridized carbons (Fsp3) is 0.167. The van der Waals surface area contributed by atoms with Crippen LogP contribution >= 0.6 is 0 Å². The largest absolute Gasteiger partial charge is 0.367 e. The van der Waals surface area contributed by atoms with Crippen molar-refractivity contribution in [2.75, 3.05) is 23.7 Å². The van der Waals surface area contributed by atoms with Crippen LogP contribution in [0.4, 0.5) is 11.6 Å². The zero-order valence-electron chi connectivity index (χ0n) is 9.03. The molecule has 1 aromatic rings. The molecule has 4 nitrogen and oxygen atoms in total. The van der Waals surface area contributed by atoms with Gasteiger partial charge >= 0.3 is 0 Å². The molecule has 82 valence electrons. The van der Waals surface area contributed by atoms with Crippen molar-refractivity contribution in [3.05, 3.63) is 43.0 Å². The van der Waals surface area contributed by atoms with E-state index in [2.05, 4.69) is 34.8 Å². The summed E-state index contributed by atoms with van der Waals surface area (Å²) in [6.07, 6.45) is 3.46. The molecular weight excluding hydrogens is 200 g/mol. The molecule has 0 bridgehead atoms. The second-order valence-electron chi connectivity index (χ2n) is 3.04. The molecule has 0 spiro atoms. The van der Waals surface area contributed by atoms with Gasteiger partial charge in [0.25, 0.3) is 0 Å². The lowest BCUT2D eigenvalue weighted by Crippen LogP contribution is -2.06. The normalized spacial score (nSPS) is 8.94. The Morgan fingerprint density at radius 1 is 1.25 bits per heavy atom. The Labute approximate surface area is 95.3 Å². The van der Waals surface area contributed by atoms with Gasteiger partial charge in [0.15, 0.2) is 0 Å². The molecule has 0 aromatic carbocycles. The summed E-state index contributed by atoms with van der Waals surface area (Å²) in [7, 11) is 0. The van der Waals surface area contributed by atoms with Gasteiger partial charge in [-0.3, -0.25) is 0 Å². The molecule has 0 aliphatic heterocycles. The Kier molecular flexibility index (Phi) is 4.61. The number of nitriles is 1. The van der Waals surface area contributed by atoms with E-state index >= 15 is 0 Å². The standard InChI is InChI=1S/C12H14N4/c1-3-7-14-11-6-5-10(9-13)12(16-11)15-8-4-2/h3-6H,1-2,7-8H2,(H2,14,15,16). The summed E-state index contributed by atoms with van der Waals surface area (Å²) < 4.78 is 0. The maximum absolute atomic E-state index is 8.89. The van der Waals surface area contributed by atoms with Gasteiger partial charge in [-0.15, -0.1) is 13.2 Å². The first-order chi connectivity index (χ1) is 7.81. The minimum absolute atomic E-state index is 0.519. The molecule has 0 amide bonds. The van der Waals surface area contributed by atoms with Crippen molar-refractivity contribution in [3.8, 4) is 6.07 Å². The topological polar surface area (TPSA) is 60.7 Å². The molecule has 1 aromatic heterocycles. The highest BCUT2D eigenvalue weighted by molar-refractivity contribution is 5.56. The molecule has 0 saturated heterocycles. The molecule has 0 aliphatic rings. The van der Waals surface area contributed by atoms with E-state index < -0.39 is 0 Å². The summed E-state index contributed by atoms with van der Waals surface area (Å²) in [6.45, 7) is 8.43. The zero-order chi connectivity index (χ0) is 11.8. The predicted octanol–water partition coefficient (Wildman–Crippen LogP) is 2.15. The molecular formula is C12H14N4. The van der Waals surface area contributed by atoms with E-state index in [0.29, 0.717) is 30.3 Å². The second-order valence-corrected chi connectivity index (χ2v) is 3.04. The molecule has 0 radical (unpaired) electrons. The second kappa shape index (κ2) is 6.25. The summed E-state index contributed by atoms with van der Waals surface area (Å²) in [4.78, 5) is 4.28. The average molecular weight is 214 g/mol. The van der Waals surface area contributed by atoms with Crippen LogP contribution in [-0.4, -0.2) is 18.1 Å². The highest BCUT2D eigenvalue weighted by Gasteiger charge is 2.03. The number of anilines is 2. The van der Waals surface area contributed by atoms with Gasteiger partial charge < -0.3 is 10.6 Å². The Morgan fingerprint density at radius 3 is 2.56 bits per heavy atom. The number of aromatic nitrogens is 1. The number of nitrogens with zero attached hydrogens (tertiary/aromatic N) is 2. The molecule has 2 N–H and O–H groups in total. The van der Waals surface area contributed by atoms with E-state index in [0.717, 1.165) is 0 Å². The van der Waals surface area contributed by atoms with Crippen molar-refractivity contribution in [3.63, 3.8) is 0 Å². The molecule has 0 fully saturated rings. The highest BCUT2D eigenvalue weighted by Crippen LogP contribution is 2.15. The van der Waals surface area contributed by atoms with Gasteiger partial charge in [0.1, 0.15) is 17.7 Å². The average Bonchev–Trinajstić information content (AvgIpc) is 2.33. The quantitative estimate of drug-likeness (QED) is 0.712. The first-order valence-electron chi connectivity index (χ1n) is 4.92. The smallest absolute Gasteiger partial charge is 0.146 e. The Bertz CT molecular complexity index is 418. The van der Waals surface area contributed by atoms with Crippen LogP contribution in [-0.2, 0) is 0 Å². The van der Waals surface area contributed by atoms with E-state index in [-0.39, 0.29) is 0 Å². The van der Waals surface area contributed by atoms with Crippen molar-refractivity contribution in [1.29, 1.82) is 5.26 Å². The summed E-state index contributed by atoms with van der Waals surface area (Å²) >= 11 is 0. The van der Waals surface area contributed by atoms with Gasteiger partial charge in [0.05, 0.1) is 5.56 Å². The van der Waals surface area contributed by atoms with Crippen LogP contribution in [0.2, 0.25) is 0 Å². The summed E-state index contributed by atoms with van der Waals surface area (Å²) in [6, 6.07) is 5.57. The van der Waals surface area contributed by atoms with Crippen molar-refractivity contribution in [1.82, 2.24) is 4.98 Å². The fourth-order valence-corrected chi connectivity index (χ4v) is 1.13. The minimum Gasteiger partial charge on any atom is -0.367 e. The van der Waals surface area contributed by atoms with Crippen molar-refractivity contribution in [2.24, 2.45) is 0 Å². The van der Waals surface area contributed by atoms with Crippen molar-refractivity contribution in [2.45, 2.75) is 0 Å². The molecule has 1 heterocycles.